The van der Waals surface area contributed by atoms with Gasteiger partial charge >= 0.3 is 0 Å². The minimum atomic E-state index is -0.441. The monoisotopic (exact) mass is 309 g/mol. The lowest BCUT2D eigenvalue weighted by molar-refractivity contribution is -0.125. The summed E-state index contributed by atoms with van der Waals surface area (Å²) in [6.45, 7) is 4.80. The van der Waals surface area contributed by atoms with Crippen molar-refractivity contribution in [3.05, 3.63) is 59.7 Å². The van der Waals surface area contributed by atoms with E-state index in [1.54, 1.807) is 0 Å². The number of para-hydroxylation sites is 1. The van der Waals surface area contributed by atoms with Crippen LogP contribution in [0.15, 0.2) is 48.5 Å². The van der Waals surface area contributed by atoms with Crippen molar-refractivity contribution in [3.63, 3.8) is 0 Å². The Labute approximate surface area is 137 Å². The molecule has 0 aliphatic carbocycles. The summed E-state index contributed by atoms with van der Waals surface area (Å²) in [5.41, 5.74) is 3.47. The summed E-state index contributed by atoms with van der Waals surface area (Å²) in [4.78, 5) is 14.9. The fourth-order valence-corrected chi connectivity index (χ4v) is 3.03. The van der Waals surface area contributed by atoms with E-state index in [-0.39, 0.29) is 5.91 Å². The van der Waals surface area contributed by atoms with Crippen LogP contribution in [-0.4, -0.2) is 18.6 Å². The second kappa shape index (κ2) is 6.86. The molecule has 1 atom stereocenters. The van der Waals surface area contributed by atoms with Crippen LogP contribution in [0.4, 0.5) is 5.69 Å². The molecule has 1 amide bonds. The molecule has 1 aliphatic rings. The first-order chi connectivity index (χ1) is 11.2. The van der Waals surface area contributed by atoms with Gasteiger partial charge < -0.3 is 9.64 Å². The SMILES string of the molecule is CC[C@@H](Oc1ccc(C)cc1)C(=O)N1CCCc2ccccc21. The molecule has 0 spiro atoms. The lowest BCUT2D eigenvalue weighted by atomic mass is 10.0. The smallest absolute Gasteiger partial charge is 0.268 e. The van der Waals surface area contributed by atoms with Crippen molar-refractivity contribution in [2.45, 2.75) is 39.2 Å². The van der Waals surface area contributed by atoms with Gasteiger partial charge in [-0.1, -0.05) is 42.8 Å². The highest BCUT2D eigenvalue weighted by Crippen LogP contribution is 2.28. The van der Waals surface area contributed by atoms with Crippen LogP contribution in [0.2, 0.25) is 0 Å². The lowest BCUT2D eigenvalue weighted by Crippen LogP contribution is -2.44. The number of fused-ring (bicyclic) bond motifs is 1. The molecule has 0 bridgehead atoms. The number of carbonyl (C=O) groups is 1. The zero-order valence-electron chi connectivity index (χ0n) is 13.8. The zero-order chi connectivity index (χ0) is 16.2. The molecule has 0 saturated carbocycles. The van der Waals surface area contributed by atoms with Crippen LogP contribution in [0.5, 0.6) is 5.75 Å². The molecule has 0 fully saturated rings. The predicted octanol–water partition coefficient (Wildman–Crippen LogP) is 4.13. The molecule has 1 aliphatic heterocycles. The molecule has 2 aromatic carbocycles. The molecule has 0 radical (unpaired) electrons. The van der Waals surface area contributed by atoms with Gasteiger partial charge in [-0.2, -0.15) is 0 Å². The van der Waals surface area contributed by atoms with E-state index in [9.17, 15) is 4.79 Å². The van der Waals surface area contributed by atoms with Gasteiger partial charge in [0.25, 0.3) is 5.91 Å². The van der Waals surface area contributed by atoms with Gasteiger partial charge in [0, 0.05) is 12.2 Å². The maximum atomic E-state index is 13.0. The van der Waals surface area contributed by atoms with Crippen LogP contribution < -0.4 is 9.64 Å². The van der Waals surface area contributed by atoms with Crippen molar-refractivity contribution in [3.8, 4) is 5.75 Å². The van der Waals surface area contributed by atoms with E-state index in [2.05, 4.69) is 6.07 Å². The van der Waals surface area contributed by atoms with Crippen LogP contribution in [0.3, 0.4) is 0 Å². The van der Waals surface area contributed by atoms with Gasteiger partial charge in [-0.25, -0.2) is 0 Å². The van der Waals surface area contributed by atoms with Crippen LogP contribution in [0.25, 0.3) is 0 Å². The maximum Gasteiger partial charge on any atom is 0.268 e. The third kappa shape index (κ3) is 3.39. The van der Waals surface area contributed by atoms with Crippen molar-refractivity contribution < 1.29 is 9.53 Å². The molecule has 0 N–H and O–H groups in total. The fourth-order valence-electron chi connectivity index (χ4n) is 3.03. The van der Waals surface area contributed by atoms with Crippen LogP contribution in [0, 0.1) is 6.92 Å². The number of amides is 1. The van der Waals surface area contributed by atoms with E-state index in [1.165, 1.54) is 11.1 Å². The predicted molar refractivity (Wildman–Crippen MR) is 93.0 cm³/mol. The van der Waals surface area contributed by atoms with Crippen LogP contribution >= 0.6 is 0 Å². The van der Waals surface area contributed by atoms with Crippen molar-refractivity contribution >= 4 is 11.6 Å². The summed E-state index contributed by atoms with van der Waals surface area (Å²) >= 11 is 0. The number of hydrogen-bond donors (Lipinski definition) is 0. The van der Waals surface area contributed by atoms with Gasteiger partial charge in [-0.3, -0.25) is 4.79 Å². The normalized spacial score (nSPS) is 15.0. The summed E-state index contributed by atoms with van der Waals surface area (Å²) in [6, 6.07) is 16.0. The summed E-state index contributed by atoms with van der Waals surface area (Å²) < 4.78 is 5.96. The molecule has 3 rings (SSSR count). The Hall–Kier alpha value is -2.29. The Kier molecular flexibility index (Phi) is 4.65. The number of nitrogens with zero attached hydrogens (tertiary/aromatic N) is 1. The van der Waals surface area contributed by atoms with Gasteiger partial charge in [0.15, 0.2) is 6.10 Å². The largest absolute Gasteiger partial charge is 0.481 e. The quantitative estimate of drug-likeness (QED) is 0.850. The Morgan fingerprint density at radius 3 is 2.65 bits per heavy atom. The van der Waals surface area contributed by atoms with Crippen molar-refractivity contribution in [1.82, 2.24) is 0 Å². The molecular formula is C20H23NO2. The Bertz CT molecular complexity index is 678. The van der Waals surface area contributed by atoms with Gasteiger partial charge in [-0.15, -0.1) is 0 Å². The molecule has 3 nitrogen and oxygen atoms in total. The maximum absolute atomic E-state index is 13.0. The number of anilines is 1. The van der Waals surface area contributed by atoms with E-state index in [0.717, 1.165) is 30.8 Å². The number of hydrogen-bond acceptors (Lipinski definition) is 2. The minimum Gasteiger partial charge on any atom is -0.481 e. The van der Waals surface area contributed by atoms with Crippen LogP contribution in [-0.2, 0) is 11.2 Å². The molecule has 120 valence electrons. The second-order valence-electron chi connectivity index (χ2n) is 6.05. The van der Waals surface area contributed by atoms with E-state index in [4.69, 9.17) is 4.74 Å². The number of aryl methyl sites for hydroxylation is 2. The minimum absolute atomic E-state index is 0.0558. The molecule has 0 aromatic heterocycles. The molecule has 0 unspecified atom stereocenters. The number of ether oxygens (including phenoxy) is 1. The first-order valence-corrected chi connectivity index (χ1v) is 8.31. The fraction of sp³-hybridized carbons (Fsp3) is 0.350. The Morgan fingerprint density at radius 1 is 1.17 bits per heavy atom. The molecule has 23 heavy (non-hydrogen) atoms. The summed E-state index contributed by atoms with van der Waals surface area (Å²) in [5.74, 6) is 0.807. The van der Waals surface area contributed by atoms with E-state index < -0.39 is 6.10 Å². The first-order valence-electron chi connectivity index (χ1n) is 8.31. The Balaban J connectivity index is 1.79. The summed E-state index contributed by atoms with van der Waals surface area (Å²) in [6.07, 6.45) is 2.26. The van der Waals surface area contributed by atoms with E-state index >= 15 is 0 Å². The highest BCUT2D eigenvalue weighted by Gasteiger charge is 2.28. The number of benzene rings is 2. The molecular weight excluding hydrogens is 286 g/mol. The lowest BCUT2D eigenvalue weighted by Gasteiger charge is -2.32. The Morgan fingerprint density at radius 2 is 1.91 bits per heavy atom. The van der Waals surface area contributed by atoms with Gasteiger partial charge in [0.1, 0.15) is 5.75 Å². The number of carbonyl (C=O) groups excluding carboxylic acids is 1. The van der Waals surface area contributed by atoms with Gasteiger partial charge in [0.2, 0.25) is 0 Å². The average Bonchev–Trinajstić information content (AvgIpc) is 2.60. The third-order valence-electron chi connectivity index (χ3n) is 4.32. The van der Waals surface area contributed by atoms with Crippen LogP contribution in [0.1, 0.15) is 30.9 Å². The summed E-state index contributed by atoms with van der Waals surface area (Å²) in [7, 11) is 0. The molecule has 0 saturated heterocycles. The highest BCUT2D eigenvalue weighted by molar-refractivity contribution is 5.97. The van der Waals surface area contributed by atoms with Gasteiger partial charge in [0.05, 0.1) is 0 Å². The zero-order valence-corrected chi connectivity index (χ0v) is 13.8. The average molecular weight is 309 g/mol. The standard InChI is InChI=1S/C20H23NO2/c1-3-19(23-17-12-10-15(2)11-13-17)20(22)21-14-6-8-16-7-4-5-9-18(16)21/h4-5,7,9-13,19H,3,6,8,14H2,1-2H3/t19-/m1/s1. The third-order valence-corrected chi connectivity index (χ3v) is 4.32. The van der Waals surface area contributed by atoms with Crippen molar-refractivity contribution in [2.24, 2.45) is 0 Å². The highest BCUT2D eigenvalue weighted by atomic mass is 16.5. The van der Waals surface area contributed by atoms with E-state index in [1.807, 2.05) is 61.2 Å². The topological polar surface area (TPSA) is 29.5 Å². The van der Waals surface area contributed by atoms with Crippen molar-refractivity contribution in [2.75, 3.05) is 11.4 Å². The summed E-state index contributed by atoms with van der Waals surface area (Å²) in [5, 5.41) is 0. The van der Waals surface area contributed by atoms with Gasteiger partial charge in [-0.05, 0) is 49.9 Å². The molecule has 3 heteroatoms. The second-order valence-corrected chi connectivity index (χ2v) is 6.05. The molecule has 2 aromatic rings. The number of rotatable bonds is 4. The first kappa shape index (κ1) is 15.6. The van der Waals surface area contributed by atoms with Crippen molar-refractivity contribution in [1.29, 1.82) is 0 Å². The van der Waals surface area contributed by atoms with E-state index in [0.29, 0.717) is 6.42 Å². The molecule has 1 heterocycles.